The van der Waals surface area contributed by atoms with Crippen LogP contribution in [0.1, 0.15) is 189 Å². The molecule has 3 N–H and O–H groups in total. The van der Waals surface area contributed by atoms with Crippen LogP contribution in [0.4, 0.5) is 15.9 Å². The van der Waals surface area contributed by atoms with Gasteiger partial charge < -0.3 is 34.8 Å². The van der Waals surface area contributed by atoms with Crippen LogP contribution < -0.4 is 25.2 Å². The number of pyridine rings is 1. The van der Waals surface area contributed by atoms with Crippen molar-refractivity contribution in [2.24, 2.45) is 11.8 Å². The number of piperidine rings is 2. The van der Waals surface area contributed by atoms with Gasteiger partial charge in [-0.2, -0.15) is 9.97 Å². The molecule has 16 heteroatoms. The molecule has 460 valence electrons. The number of phenols is 1. The van der Waals surface area contributed by atoms with E-state index in [9.17, 15) is 24.6 Å². The molecule has 4 fully saturated rings. The quantitative estimate of drug-likeness (QED) is 0.0529. The van der Waals surface area contributed by atoms with Crippen molar-refractivity contribution in [3.05, 3.63) is 83.4 Å². The van der Waals surface area contributed by atoms with E-state index in [0.29, 0.717) is 108 Å². The number of nitrogens with zero attached hydrogens (tertiary/aromatic N) is 6. The lowest BCUT2D eigenvalue weighted by molar-refractivity contribution is -0.142. The van der Waals surface area contributed by atoms with E-state index in [1.165, 1.54) is 57.1 Å². The summed E-state index contributed by atoms with van der Waals surface area (Å²) in [6.07, 6.45) is 18.3. The molecule has 4 saturated heterocycles. The summed E-state index contributed by atoms with van der Waals surface area (Å²) in [5.74, 6) is 2.13. The molecule has 4 aliphatic heterocycles. The summed E-state index contributed by atoms with van der Waals surface area (Å²) in [4.78, 5) is 56.8. The molecule has 0 radical (unpaired) electrons. The van der Waals surface area contributed by atoms with Crippen molar-refractivity contribution in [3.63, 3.8) is 0 Å². The van der Waals surface area contributed by atoms with Crippen molar-refractivity contribution in [2.75, 3.05) is 42.6 Å². The van der Waals surface area contributed by atoms with Crippen molar-refractivity contribution in [1.82, 2.24) is 25.2 Å². The van der Waals surface area contributed by atoms with Crippen molar-refractivity contribution in [3.8, 4) is 23.0 Å². The van der Waals surface area contributed by atoms with Crippen LogP contribution in [0.2, 0.25) is 0 Å². The fourth-order valence-electron chi connectivity index (χ4n) is 12.9. The molecule has 6 heterocycles. The minimum atomic E-state index is -0.876. The zero-order valence-electron chi connectivity index (χ0n) is 52.8. The van der Waals surface area contributed by atoms with Gasteiger partial charge in [-0.15, -0.1) is 9.24 Å². The molecule has 9 rings (SSSR count). The molecule has 14 nitrogen and oxygen atoms in total. The van der Waals surface area contributed by atoms with Gasteiger partial charge in [-0.05, 0) is 143 Å². The Bertz CT molecular complexity index is 3060. The molecule has 0 bridgehead atoms. The first-order valence-corrected chi connectivity index (χ1v) is 32.0. The van der Waals surface area contributed by atoms with Crippen LogP contribution in [-0.2, 0) is 25.5 Å². The van der Waals surface area contributed by atoms with E-state index in [0.717, 1.165) is 73.5 Å². The summed E-state index contributed by atoms with van der Waals surface area (Å²) in [5.41, 5.74) is 5.02. The van der Waals surface area contributed by atoms with Crippen molar-refractivity contribution in [2.45, 2.75) is 215 Å². The molecular weight excluding hydrogens is 1080 g/mol. The number of halogens is 1. The van der Waals surface area contributed by atoms with E-state index in [1.54, 1.807) is 24.4 Å². The Balaban J connectivity index is 0.000000259. The fourth-order valence-corrected chi connectivity index (χ4v) is 13.3. The molecule has 0 saturated carbocycles. The van der Waals surface area contributed by atoms with Gasteiger partial charge in [0.25, 0.3) is 0 Å². The molecule has 5 aromatic rings. The van der Waals surface area contributed by atoms with Crippen LogP contribution in [0, 0.1) is 31.5 Å². The van der Waals surface area contributed by atoms with Crippen LogP contribution >= 0.6 is 9.24 Å². The largest absolute Gasteiger partial charge is 0.508 e. The number of aromatic hydroxyl groups is 1. The summed E-state index contributed by atoms with van der Waals surface area (Å²) >= 11 is 0. The second kappa shape index (κ2) is 31.1. The maximum absolute atomic E-state index is 15.1. The van der Waals surface area contributed by atoms with Crippen LogP contribution in [0.5, 0.6) is 11.8 Å². The Labute approximate surface area is 503 Å². The first-order chi connectivity index (χ1) is 40.2. The van der Waals surface area contributed by atoms with Crippen LogP contribution in [0.25, 0.3) is 32.9 Å². The maximum atomic E-state index is 15.1. The lowest BCUT2D eigenvalue weighted by Crippen LogP contribution is -2.49. The highest BCUT2D eigenvalue weighted by molar-refractivity contribution is 7.28. The number of carbonyl (C=O) groups excluding carboxylic acids is 3. The van der Waals surface area contributed by atoms with E-state index >= 15 is 4.39 Å². The lowest BCUT2D eigenvalue weighted by atomic mass is 9.91. The molecule has 4 aliphatic rings. The Morgan fingerprint density at radius 1 is 0.964 bits per heavy atom. The number of β-amino-alcohol motifs (C(OH)–C–C–N with tert-alkyl or cyclic N) is 1. The fraction of sp³-hybridized carbons (Fsp3) is 0.588. The maximum Gasteiger partial charge on any atom is 0.319 e. The van der Waals surface area contributed by atoms with Gasteiger partial charge >= 0.3 is 12.0 Å². The number of hydrogen-bond donors (Lipinski definition) is 3. The van der Waals surface area contributed by atoms with Crippen molar-refractivity contribution >= 4 is 65.5 Å². The molecule has 84 heavy (non-hydrogen) atoms. The van der Waals surface area contributed by atoms with Gasteiger partial charge in [-0.1, -0.05) is 124 Å². The highest BCUT2D eigenvalue weighted by Crippen LogP contribution is 2.44. The molecule has 7 atom stereocenters. The lowest BCUT2D eigenvalue weighted by Gasteiger charge is -2.38. The molecule has 3 aromatic carbocycles. The number of ether oxygens (including phenoxy) is 2. The Hall–Kier alpha value is -5.76. The summed E-state index contributed by atoms with van der Waals surface area (Å²) in [5, 5.41) is 27.3. The second-order valence-corrected chi connectivity index (χ2v) is 24.6. The van der Waals surface area contributed by atoms with Gasteiger partial charge in [-0.25, -0.2) is 4.39 Å². The van der Waals surface area contributed by atoms with Crippen molar-refractivity contribution in [1.29, 1.82) is 0 Å². The summed E-state index contributed by atoms with van der Waals surface area (Å²) < 4.78 is 27.0. The highest BCUT2D eigenvalue weighted by atomic mass is 31.0. The third-order valence-electron chi connectivity index (χ3n) is 17.5. The number of carbonyl (C=O) groups is 3. The van der Waals surface area contributed by atoms with E-state index in [-0.39, 0.29) is 53.0 Å². The topological polar surface area (TPSA) is 171 Å². The molecule has 2 amide bonds. The zero-order chi connectivity index (χ0) is 61.5. The minimum absolute atomic E-state index is 0.0234. The molecule has 0 spiro atoms. The SMILES string of the molecule is C=C1NC(=O)CCC1N(C(=O)CCC)c1ccc(C)cc1C.CC.CCCC(CC)CCC(C)CC.CCc1c(F)ccc2cc(O)cc(-c3ncc4c(N5CCC[C@@](C)(O)C5)nc(OCC56CCCN5C(COC(C)=O)CC6)nc4c3P)c12. The van der Waals surface area contributed by atoms with Crippen LogP contribution in [-0.4, -0.2) is 104 Å². The number of fused-ring (bicyclic) bond motifs is 3. The zero-order valence-corrected chi connectivity index (χ0v) is 53.9. The molecular formula is C68H99FN7O7P. The van der Waals surface area contributed by atoms with Gasteiger partial charge in [0.1, 0.15) is 30.6 Å². The number of benzene rings is 3. The number of amides is 2. The number of aryl methyl sites for hydroxylation is 3. The van der Waals surface area contributed by atoms with Gasteiger partial charge in [0.05, 0.1) is 33.8 Å². The Morgan fingerprint density at radius 3 is 2.37 bits per heavy atom. The number of esters is 1. The van der Waals surface area contributed by atoms with E-state index in [4.69, 9.17) is 24.4 Å². The highest BCUT2D eigenvalue weighted by Gasteiger charge is 2.50. The van der Waals surface area contributed by atoms with Gasteiger partial charge in [0, 0.05) is 67.3 Å². The number of aliphatic hydroxyl groups is 1. The number of phenolic OH excluding ortho intramolecular Hbond substituents is 1. The standard InChI is InChI=1S/C36H43FN5O5P.C18H24N2O2.C12H26.C2H6/c1-4-25-28(37)8-7-22-15-24(44)16-26(29(22)25)30-32(48)31-27(17-38-30)33(41-13-5-10-35(3,45)19-41)40-34(39-31)47-20-36-11-6-14-42(36)23(9-12-36)18-46-21(2)43;1-5-6-18(22)20(15-8-7-12(2)11-13(15)3)16-9-10-17(21)19-14(16)4;1-5-8-12(7-3)10-9-11(4)6-2;1-2/h7-8,15-17,23,44-45H,4-6,9-14,18-20,48H2,1-3H3;7-8,11,16H,4-6,9-10H2,1-3H3,(H,19,21);11-12H,5-10H2,1-4H3;1-2H3/t23?,35-,36?;;;/m1.../s1. The summed E-state index contributed by atoms with van der Waals surface area (Å²) in [6.45, 7) is 31.3. The predicted molar refractivity (Wildman–Crippen MR) is 344 cm³/mol. The van der Waals surface area contributed by atoms with E-state index < -0.39 is 5.60 Å². The number of nitrogens with one attached hydrogen (secondary N) is 1. The first kappa shape index (κ1) is 67.4. The van der Waals surface area contributed by atoms with E-state index in [1.807, 2.05) is 65.5 Å². The van der Waals surface area contributed by atoms with Crippen molar-refractivity contribution < 1.29 is 38.5 Å². The molecule has 0 aliphatic carbocycles. The monoisotopic (exact) mass is 1180 g/mol. The first-order valence-electron chi connectivity index (χ1n) is 31.5. The molecule has 2 aromatic heterocycles. The van der Waals surface area contributed by atoms with E-state index in [2.05, 4.69) is 64.7 Å². The van der Waals surface area contributed by atoms with Crippen LogP contribution in [0.3, 0.4) is 0 Å². The van der Waals surface area contributed by atoms with Gasteiger partial charge in [0.15, 0.2) is 0 Å². The third-order valence-corrected chi connectivity index (χ3v) is 18.0. The summed E-state index contributed by atoms with van der Waals surface area (Å²) in [7, 11) is 2.77. The van der Waals surface area contributed by atoms with Crippen LogP contribution in [0.15, 0.2) is 60.9 Å². The Morgan fingerprint density at radius 2 is 1.71 bits per heavy atom. The second-order valence-electron chi connectivity index (χ2n) is 24.0. The minimum Gasteiger partial charge on any atom is -0.508 e. The number of anilines is 2. The molecule has 6 unspecified atom stereocenters. The number of rotatable bonds is 19. The number of hydrogen-bond acceptors (Lipinski definition) is 12. The van der Waals surface area contributed by atoms with Gasteiger partial charge in [-0.3, -0.25) is 24.3 Å². The normalized spacial score (nSPS) is 21.0. The predicted octanol–water partition coefficient (Wildman–Crippen LogP) is 13.9. The van der Waals surface area contributed by atoms with Gasteiger partial charge in [0.2, 0.25) is 11.8 Å². The third kappa shape index (κ3) is 16.6. The Kier molecular flexibility index (Phi) is 24.9. The number of aromatic nitrogens is 3. The average molecular weight is 1180 g/mol. The average Bonchev–Trinajstić information content (AvgIpc) is 1.59. The summed E-state index contributed by atoms with van der Waals surface area (Å²) in [6, 6.07) is 12.7. The smallest absolute Gasteiger partial charge is 0.319 e.